The number of nitrogens with one attached hydrogen (secondary N) is 1. The summed E-state index contributed by atoms with van der Waals surface area (Å²) in [4.78, 5) is 28.9. The summed E-state index contributed by atoms with van der Waals surface area (Å²) < 4.78 is 6.72. The molecule has 2 heterocycles. The summed E-state index contributed by atoms with van der Waals surface area (Å²) in [6.07, 6.45) is 0. The van der Waals surface area contributed by atoms with Crippen molar-refractivity contribution in [3.8, 4) is 5.82 Å². The number of halogens is 1. The Bertz CT molecular complexity index is 1090. The Morgan fingerprint density at radius 2 is 1.90 bits per heavy atom. The van der Waals surface area contributed by atoms with Gasteiger partial charge in [0.1, 0.15) is 0 Å². The molecule has 0 aliphatic heterocycles. The van der Waals surface area contributed by atoms with Gasteiger partial charge in [0, 0.05) is 11.4 Å². The van der Waals surface area contributed by atoms with E-state index in [-0.39, 0.29) is 10.7 Å². The number of hydrogen-bond donors (Lipinski definition) is 1. The first-order valence-corrected chi connectivity index (χ1v) is 9.37. The van der Waals surface area contributed by atoms with Gasteiger partial charge in [0.25, 0.3) is 5.91 Å². The van der Waals surface area contributed by atoms with Gasteiger partial charge in [-0.15, -0.1) is 0 Å². The summed E-state index contributed by atoms with van der Waals surface area (Å²) in [6.45, 7) is 7.16. The fourth-order valence-corrected chi connectivity index (χ4v) is 3.01. The normalized spacial score (nSPS) is 10.7. The van der Waals surface area contributed by atoms with Crippen molar-refractivity contribution in [2.24, 2.45) is 0 Å². The van der Waals surface area contributed by atoms with Crippen LogP contribution in [0.15, 0.2) is 36.4 Å². The molecular weight excluding hydrogens is 392 g/mol. The number of carbonyl (C=O) groups is 2. The molecule has 0 bridgehead atoms. The van der Waals surface area contributed by atoms with Crippen LogP contribution < -0.4 is 5.32 Å². The zero-order chi connectivity index (χ0) is 21.1. The van der Waals surface area contributed by atoms with Gasteiger partial charge < -0.3 is 10.1 Å². The summed E-state index contributed by atoms with van der Waals surface area (Å²) in [6, 6.07) is 10.7. The zero-order valence-electron chi connectivity index (χ0n) is 16.6. The van der Waals surface area contributed by atoms with Crippen LogP contribution in [0.25, 0.3) is 5.82 Å². The Morgan fingerprint density at radius 3 is 2.59 bits per heavy atom. The lowest BCUT2D eigenvalue weighted by Gasteiger charge is -2.11. The third-order valence-electron chi connectivity index (χ3n) is 4.46. The van der Waals surface area contributed by atoms with E-state index < -0.39 is 18.5 Å². The summed E-state index contributed by atoms with van der Waals surface area (Å²) in [5.41, 5.74) is 4.30. The van der Waals surface area contributed by atoms with Crippen LogP contribution in [0.4, 0.5) is 5.69 Å². The molecule has 1 aromatic carbocycles. The van der Waals surface area contributed by atoms with E-state index in [0.717, 1.165) is 22.5 Å². The maximum Gasteiger partial charge on any atom is 0.359 e. The fraction of sp³-hybridized carbons (Fsp3) is 0.238. The highest BCUT2D eigenvalue weighted by Gasteiger charge is 2.18. The number of esters is 1. The second-order valence-corrected chi connectivity index (χ2v) is 7.12. The van der Waals surface area contributed by atoms with Crippen molar-refractivity contribution in [3.05, 3.63) is 69.6 Å². The first kappa shape index (κ1) is 20.5. The standard InChI is InChI=1S/C21H21ClN4O3/c1-12-6-5-7-17(15(12)4)23-19(27)11-29-21(28)20-16(22)8-9-18(24-20)26-14(3)10-13(2)25-26/h5-10H,11H2,1-4H3,(H,23,27). The van der Waals surface area contributed by atoms with Gasteiger partial charge in [0.2, 0.25) is 0 Å². The van der Waals surface area contributed by atoms with E-state index in [1.807, 2.05) is 45.9 Å². The summed E-state index contributed by atoms with van der Waals surface area (Å²) in [7, 11) is 0. The van der Waals surface area contributed by atoms with E-state index in [1.54, 1.807) is 22.9 Å². The Balaban J connectivity index is 1.70. The van der Waals surface area contributed by atoms with Crippen LogP contribution in [0.5, 0.6) is 0 Å². The molecule has 3 aromatic rings. The van der Waals surface area contributed by atoms with E-state index >= 15 is 0 Å². The quantitative estimate of drug-likeness (QED) is 0.641. The molecule has 0 fully saturated rings. The van der Waals surface area contributed by atoms with Crippen LogP contribution in [0, 0.1) is 27.7 Å². The average molecular weight is 413 g/mol. The first-order chi connectivity index (χ1) is 13.8. The Morgan fingerprint density at radius 1 is 1.14 bits per heavy atom. The lowest BCUT2D eigenvalue weighted by Crippen LogP contribution is -2.22. The molecule has 150 valence electrons. The SMILES string of the molecule is Cc1cc(C)n(-c2ccc(Cl)c(C(=O)OCC(=O)Nc3cccc(C)c3C)n2)n1. The molecular formula is C21H21ClN4O3. The highest BCUT2D eigenvalue weighted by Crippen LogP contribution is 2.20. The van der Waals surface area contributed by atoms with Gasteiger partial charge >= 0.3 is 5.97 Å². The monoisotopic (exact) mass is 412 g/mol. The molecule has 7 nitrogen and oxygen atoms in total. The highest BCUT2D eigenvalue weighted by atomic mass is 35.5. The van der Waals surface area contributed by atoms with Crippen LogP contribution in [0.1, 0.15) is 33.0 Å². The number of carbonyl (C=O) groups excluding carboxylic acids is 2. The maximum atomic E-state index is 12.4. The van der Waals surface area contributed by atoms with Crippen molar-refractivity contribution in [2.45, 2.75) is 27.7 Å². The Hall–Kier alpha value is -3.19. The second kappa shape index (κ2) is 8.45. The van der Waals surface area contributed by atoms with Gasteiger partial charge in [-0.05, 0) is 63.1 Å². The molecule has 2 aromatic heterocycles. The number of amides is 1. The third-order valence-corrected chi connectivity index (χ3v) is 4.77. The van der Waals surface area contributed by atoms with E-state index in [4.69, 9.17) is 16.3 Å². The lowest BCUT2D eigenvalue weighted by molar-refractivity contribution is -0.119. The minimum Gasteiger partial charge on any atom is -0.451 e. The molecule has 0 radical (unpaired) electrons. The van der Waals surface area contributed by atoms with Crippen LogP contribution in [-0.2, 0) is 9.53 Å². The van der Waals surface area contributed by atoms with Crippen molar-refractivity contribution < 1.29 is 14.3 Å². The van der Waals surface area contributed by atoms with Crippen molar-refractivity contribution >= 4 is 29.2 Å². The molecule has 0 saturated carbocycles. The van der Waals surface area contributed by atoms with Gasteiger partial charge in [0.15, 0.2) is 18.1 Å². The van der Waals surface area contributed by atoms with Crippen molar-refractivity contribution in [3.63, 3.8) is 0 Å². The molecule has 0 unspecified atom stereocenters. The largest absolute Gasteiger partial charge is 0.451 e. The Kier molecular flexibility index (Phi) is 5.98. The number of pyridine rings is 1. The van der Waals surface area contributed by atoms with E-state index in [2.05, 4.69) is 15.4 Å². The molecule has 1 amide bonds. The fourth-order valence-electron chi connectivity index (χ4n) is 2.83. The number of nitrogens with zero attached hydrogens (tertiary/aromatic N) is 3. The molecule has 3 rings (SSSR count). The smallest absolute Gasteiger partial charge is 0.359 e. The molecule has 0 spiro atoms. The highest BCUT2D eigenvalue weighted by molar-refractivity contribution is 6.33. The molecule has 8 heteroatoms. The van der Waals surface area contributed by atoms with Gasteiger partial charge in [-0.2, -0.15) is 5.10 Å². The van der Waals surface area contributed by atoms with Gasteiger partial charge in [-0.3, -0.25) is 4.79 Å². The molecule has 29 heavy (non-hydrogen) atoms. The topological polar surface area (TPSA) is 86.1 Å². The number of hydrogen-bond acceptors (Lipinski definition) is 5. The number of aryl methyl sites for hydroxylation is 3. The zero-order valence-corrected chi connectivity index (χ0v) is 17.4. The number of aromatic nitrogens is 3. The summed E-state index contributed by atoms with van der Waals surface area (Å²) >= 11 is 6.11. The van der Waals surface area contributed by atoms with Gasteiger partial charge in [-0.1, -0.05) is 23.7 Å². The van der Waals surface area contributed by atoms with Gasteiger partial charge in [-0.25, -0.2) is 14.5 Å². The van der Waals surface area contributed by atoms with Gasteiger partial charge in [0.05, 0.1) is 10.7 Å². The van der Waals surface area contributed by atoms with Crippen molar-refractivity contribution in [1.82, 2.24) is 14.8 Å². The van der Waals surface area contributed by atoms with E-state index in [9.17, 15) is 9.59 Å². The van der Waals surface area contributed by atoms with Crippen LogP contribution >= 0.6 is 11.6 Å². The van der Waals surface area contributed by atoms with Crippen LogP contribution in [0.3, 0.4) is 0 Å². The number of benzene rings is 1. The van der Waals surface area contributed by atoms with Crippen molar-refractivity contribution in [1.29, 1.82) is 0 Å². The molecule has 0 saturated heterocycles. The first-order valence-electron chi connectivity index (χ1n) is 8.99. The predicted octanol–water partition coefficient (Wildman–Crippen LogP) is 3.95. The minimum absolute atomic E-state index is 0.0729. The number of anilines is 1. The maximum absolute atomic E-state index is 12.4. The number of ether oxygens (including phenoxy) is 1. The molecule has 0 aliphatic carbocycles. The molecule has 0 aliphatic rings. The molecule has 1 N–H and O–H groups in total. The predicted molar refractivity (Wildman–Crippen MR) is 111 cm³/mol. The minimum atomic E-state index is -0.783. The third kappa shape index (κ3) is 4.63. The van der Waals surface area contributed by atoms with E-state index in [0.29, 0.717) is 11.5 Å². The van der Waals surface area contributed by atoms with E-state index in [1.165, 1.54) is 0 Å². The lowest BCUT2D eigenvalue weighted by atomic mass is 10.1. The van der Waals surface area contributed by atoms with Crippen molar-refractivity contribution in [2.75, 3.05) is 11.9 Å². The summed E-state index contributed by atoms with van der Waals surface area (Å²) in [5, 5.41) is 7.21. The average Bonchev–Trinajstić information content (AvgIpc) is 3.02. The summed E-state index contributed by atoms with van der Waals surface area (Å²) in [5.74, 6) is -0.792. The second-order valence-electron chi connectivity index (χ2n) is 6.71. The molecule has 0 atom stereocenters. The number of rotatable bonds is 5. The van der Waals surface area contributed by atoms with Crippen LogP contribution in [0.2, 0.25) is 5.02 Å². The van der Waals surface area contributed by atoms with Crippen LogP contribution in [-0.4, -0.2) is 33.2 Å². The Labute approximate surface area is 173 Å².